The summed E-state index contributed by atoms with van der Waals surface area (Å²) in [6, 6.07) is 11.2. The van der Waals surface area contributed by atoms with Crippen LogP contribution in [0.25, 0.3) is 0 Å². The second kappa shape index (κ2) is 7.97. The van der Waals surface area contributed by atoms with Crippen molar-refractivity contribution in [3.63, 3.8) is 0 Å². The van der Waals surface area contributed by atoms with Crippen LogP contribution in [-0.2, 0) is 6.54 Å². The number of carbonyl (C=O) groups is 1. The van der Waals surface area contributed by atoms with Crippen LogP contribution in [0.15, 0.2) is 55.0 Å². The molecule has 0 aliphatic rings. The van der Waals surface area contributed by atoms with Gasteiger partial charge in [0, 0.05) is 30.8 Å². The third-order valence-corrected chi connectivity index (χ3v) is 4.17. The zero-order chi connectivity index (χ0) is 18.5. The summed E-state index contributed by atoms with van der Waals surface area (Å²) in [5.74, 6) is -0.246. The van der Waals surface area contributed by atoms with E-state index in [0.29, 0.717) is 17.3 Å². The third-order valence-electron chi connectivity index (χ3n) is 3.87. The first kappa shape index (κ1) is 17.9. The standard InChI is InChI=1S/C20H19ClN4O/c1-13-8-14(2)19(17(21)9-13)25-16-5-7-23-18(10-16)20(26)24-12-15-4-3-6-22-11-15/h3-11H,12H2,1-2H3,(H,23,25)(H,24,26). The van der Waals surface area contributed by atoms with Crippen LogP contribution < -0.4 is 10.6 Å². The first-order chi connectivity index (χ1) is 12.5. The lowest BCUT2D eigenvalue weighted by molar-refractivity contribution is 0.0946. The number of halogens is 1. The van der Waals surface area contributed by atoms with Crippen LogP contribution in [-0.4, -0.2) is 15.9 Å². The van der Waals surface area contributed by atoms with E-state index in [1.807, 2.05) is 32.0 Å². The number of hydrogen-bond acceptors (Lipinski definition) is 4. The molecule has 0 atom stereocenters. The smallest absolute Gasteiger partial charge is 0.270 e. The van der Waals surface area contributed by atoms with E-state index in [2.05, 4.69) is 26.7 Å². The van der Waals surface area contributed by atoms with E-state index in [1.165, 1.54) is 0 Å². The third kappa shape index (κ3) is 4.37. The minimum Gasteiger partial charge on any atom is -0.354 e. The average Bonchev–Trinajstić information content (AvgIpc) is 2.64. The van der Waals surface area contributed by atoms with Gasteiger partial charge in [-0.25, -0.2) is 0 Å². The van der Waals surface area contributed by atoms with E-state index in [1.54, 1.807) is 30.7 Å². The van der Waals surface area contributed by atoms with Gasteiger partial charge in [-0.2, -0.15) is 0 Å². The number of aromatic nitrogens is 2. The van der Waals surface area contributed by atoms with Gasteiger partial charge in [-0.05, 0) is 54.8 Å². The summed E-state index contributed by atoms with van der Waals surface area (Å²) < 4.78 is 0. The molecule has 3 rings (SSSR count). The maximum atomic E-state index is 12.4. The number of rotatable bonds is 5. The molecule has 2 N–H and O–H groups in total. The van der Waals surface area contributed by atoms with E-state index in [-0.39, 0.29) is 5.91 Å². The van der Waals surface area contributed by atoms with Crippen molar-refractivity contribution in [2.24, 2.45) is 0 Å². The second-order valence-corrected chi connectivity index (χ2v) is 6.44. The summed E-state index contributed by atoms with van der Waals surface area (Å²) in [5, 5.41) is 6.76. The lowest BCUT2D eigenvalue weighted by atomic mass is 10.1. The van der Waals surface area contributed by atoms with Crippen molar-refractivity contribution in [1.29, 1.82) is 0 Å². The molecule has 0 spiro atoms. The van der Waals surface area contributed by atoms with Crippen LogP contribution in [0.3, 0.4) is 0 Å². The van der Waals surface area contributed by atoms with Crippen molar-refractivity contribution in [3.05, 3.63) is 82.4 Å². The maximum absolute atomic E-state index is 12.4. The molecule has 26 heavy (non-hydrogen) atoms. The molecule has 132 valence electrons. The van der Waals surface area contributed by atoms with Crippen molar-refractivity contribution in [2.75, 3.05) is 5.32 Å². The van der Waals surface area contributed by atoms with Crippen molar-refractivity contribution in [2.45, 2.75) is 20.4 Å². The number of carbonyl (C=O) groups excluding carboxylic acids is 1. The molecular weight excluding hydrogens is 348 g/mol. The predicted molar refractivity (Wildman–Crippen MR) is 104 cm³/mol. The van der Waals surface area contributed by atoms with Gasteiger partial charge in [-0.15, -0.1) is 0 Å². The van der Waals surface area contributed by atoms with E-state index < -0.39 is 0 Å². The fourth-order valence-electron chi connectivity index (χ4n) is 2.63. The second-order valence-electron chi connectivity index (χ2n) is 6.04. The van der Waals surface area contributed by atoms with Gasteiger partial charge in [0.15, 0.2) is 0 Å². The van der Waals surface area contributed by atoms with Crippen molar-refractivity contribution >= 4 is 28.9 Å². The Morgan fingerprint density at radius 2 is 2.00 bits per heavy atom. The summed E-state index contributed by atoms with van der Waals surface area (Å²) in [4.78, 5) is 20.5. The molecule has 3 aromatic rings. The number of nitrogens with zero attached hydrogens (tertiary/aromatic N) is 2. The SMILES string of the molecule is Cc1cc(C)c(Nc2ccnc(C(=O)NCc3cccnc3)c2)c(Cl)c1. The topological polar surface area (TPSA) is 66.9 Å². The molecule has 0 saturated carbocycles. The first-order valence-electron chi connectivity index (χ1n) is 8.20. The molecule has 1 amide bonds. The fourth-order valence-corrected chi connectivity index (χ4v) is 2.99. The molecule has 2 aromatic heterocycles. The molecule has 0 bridgehead atoms. The fraction of sp³-hybridized carbons (Fsp3) is 0.150. The summed E-state index contributed by atoms with van der Waals surface area (Å²) in [6.45, 7) is 4.39. The molecule has 2 heterocycles. The largest absolute Gasteiger partial charge is 0.354 e. The van der Waals surface area contributed by atoms with Crippen LogP contribution in [0.4, 0.5) is 11.4 Å². The normalized spacial score (nSPS) is 10.4. The number of anilines is 2. The number of amides is 1. The quantitative estimate of drug-likeness (QED) is 0.701. The molecule has 0 aliphatic heterocycles. The molecule has 6 heteroatoms. The molecule has 0 radical (unpaired) electrons. The number of pyridine rings is 2. The highest BCUT2D eigenvalue weighted by atomic mass is 35.5. The Kier molecular flexibility index (Phi) is 5.49. The van der Waals surface area contributed by atoms with Gasteiger partial charge >= 0.3 is 0 Å². The number of nitrogens with one attached hydrogen (secondary N) is 2. The van der Waals surface area contributed by atoms with Gasteiger partial charge in [0.05, 0.1) is 10.7 Å². The highest BCUT2D eigenvalue weighted by Crippen LogP contribution is 2.30. The van der Waals surface area contributed by atoms with Crippen LogP contribution in [0.1, 0.15) is 27.2 Å². The van der Waals surface area contributed by atoms with Gasteiger partial charge in [0.1, 0.15) is 5.69 Å². The summed E-state index contributed by atoms with van der Waals surface area (Å²) in [6.07, 6.45) is 5.01. The minimum absolute atomic E-state index is 0.246. The Morgan fingerprint density at radius 3 is 2.73 bits per heavy atom. The van der Waals surface area contributed by atoms with E-state index in [9.17, 15) is 4.79 Å². The first-order valence-corrected chi connectivity index (χ1v) is 8.57. The zero-order valence-electron chi connectivity index (χ0n) is 14.6. The molecule has 0 fully saturated rings. The Labute approximate surface area is 157 Å². The summed E-state index contributed by atoms with van der Waals surface area (Å²) in [7, 11) is 0. The molecule has 0 unspecified atom stereocenters. The highest BCUT2D eigenvalue weighted by Gasteiger charge is 2.10. The van der Waals surface area contributed by atoms with Crippen molar-refractivity contribution < 1.29 is 4.79 Å². The van der Waals surface area contributed by atoms with E-state index >= 15 is 0 Å². The molecular formula is C20H19ClN4O. The maximum Gasteiger partial charge on any atom is 0.270 e. The lowest BCUT2D eigenvalue weighted by Crippen LogP contribution is -2.23. The zero-order valence-corrected chi connectivity index (χ0v) is 15.3. The molecule has 0 saturated heterocycles. The summed E-state index contributed by atoms with van der Waals surface area (Å²) >= 11 is 6.34. The predicted octanol–water partition coefficient (Wildman–Crippen LogP) is 4.42. The van der Waals surface area contributed by atoms with Gasteiger partial charge in [-0.1, -0.05) is 23.7 Å². The number of benzene rings is 1. The molecule has 5 nitrogen and oxygen atoms in total. The van der Waals surface area contributed by atoms with Crippen molar-refractivity contribution in [1.82, 2.24) is 15.3 Å². The Morgan fingerprint density at radius 1 is 1.15 bits per heavy atom. The van der Waals surface area contributed by atoms with Crippen LogP contribution in [0.2, 0.25) is 5.02 Å². The van der Waals surface area contributed by atoms with Crippen LogP contribution in [0, 0.1) is 13.8 Å². The number of aryl methyl sites for hydroxylation is 2. The van der Waals surface area contributed by atoms with Gasteiger partial charge in [0.2, 0.25) is 0 Å². The molecule has 1 aromatic carbocycles. The summed E-state index contributed by atoms with van der Waals surface area (Å²) in [5.41, 5.74) is 4.97. The van der Waals surface area contributed by atoms with Gasteiger partial charge in [0.25, 0.3) is 5.91 Å². The van der Waals surface area contributed by atoms with Crippen molar-refractivity contribution in [3.8, 4) is 0 Å². The minimum atomic E-state index is -0.246. The molecule has 0 aliphatic carbocycles. The Bertz CT molecular complexity index is 905. The van der Waals surface area contributed by atoms with Crippen LogP contribution >= 0.6 is 11.6 Å². The van der Waals surface area contributed by atoms with Crippen LogP contribution in [0.5, 0.6) is 0 Å². The average molecular weight is 367 g/mol. The highest BCUT2D eigenvalue weighted by molar-refractivity contribution is 6.33. The van der Waals surface area contributed by atoms with E-state index in [4.69, 9.17) is 11.6 Å². The Hall–Kier alpha value is -2.92. The lowest BCUT2D eigenvalue weighted by Gasteiger charge is -2.13. The number of hydrogen-bond donors (Lipinski definition) is 2. The Balaban J connectivity index is 1.73. The van der Waals surface area contributed by atoms with E-state index in [0.717, 1.165) is 28.1 Å². The monoisotopic (exact) mass is 366 g/mol. The van der Waals surface area contributed by atoms with Gasteiger partial charge in [-0.3, -0.25) is 14.8 Å². The van der Waals surface area contributed by atoms with Gasteiger partial charge < -0.3 is 10.6 Å².